The number of rotatable bonds is 2. The highest BCUT2D eigenvalue weighted by Crippen LogP contribution is 2.09. The molecule has 0 aromatic rings. The van der Waals surface area contributed by atoms with E-state index in [2.05, 4.69) is 0 Å². The molecule has 9 heavy (non-hydrogen) atoms. The second kappa shape index (κ2) is 3.15. The Labute approximate surface area is 54.6 Å². The summed E-state index contributed by atoms with van der Waals surface area (Å²) in [6.45, 7) is 3.12. The van der Waals surface area contributed by atoms with Crippen molar-refractivity contribution in [2.24, 2.45) is 0 Å². The number of hydrogen-bond donors (Lipinski definition) is 1. The van der Waals surface area contributed by atoms with Gasteiger partial charge in [-0.1, -0.05) is 6.92 Å². The minimum absolute atomic E-state index is 0.366. The molecule has 3 nitrogen and oxygen atoms in total. The third kappa shape index (κ3) is 1.64. The summed E-state index contributed by atoms with van der Waals surface area (Å²) in [5.41, 5.74) is 0. The normalized spacial score (nSPS) is 24.7. The molecule has 0 amide bonds. The van der Waals surface area contributed by atoms with Crippen LogP contribution in [0.15, 0.2) is 0 Å². The van der Waals surface area contributed by atoms with E-state index in [1.54, 1.807) is 0 Å². The Morgan fingerprint density at radius 1 is 1.56 bits per heavy atom. The van der Waals surface area contributed by atoms with Crippen molar-refractivity contribution >= 4 is 0 Å². The van der Waals surface area contributed by atoms with Crippen molar-refractivity contribution in [1.82, 2.24) is 0 Å². The molecule has 0 radical (unpaired) electrons. The number of hydrogen-bond acceptors (Lipinski definition) is 3. The van der Waals surface area contributed by atoms with Crippen LogP contribution in [-0.2, 0) is 9.47 Å². The summed E-state index contributed by atoms with van der Waals surface area (Å²) in [4.78, 5) is 0. The van der Waals surface area contributed by atoms with Crippen LogP contribution in [0.3, 0.4) is 0 Å². The van der Waals surface area contributed by atoms with Crippen LogP contribution >= 0.6 is 0 Å². The van der Waals surface area contributed by atoms with Gasteiger partial charge in [-0.05, 0) is 6.42 Å². The van der Waals surface area contributed by atoms with Gasteiger partial charge in [0.1, 0.15) is 6.10 Å². The molecule has 1 saturated heterocycles. The molecule has 1 N–H and O–H groups in total. The van der Waals surface area contributed by atoms with E-state index in [0.29, 0.717) is 19.6 Å². The van der Waals surface area contributed by atoms with E-state index in [4.69, 9.17) is 14.6 Å². The zero-order valence-corrected chi connectivity index (χ0v) is 5.54. The molecule has 0 bridgehead atoms. The molecule has 0 spiro atoms. The maximum Gasteiger partial charge on any atom is 0.183 e. The van der Waals surface area contributed by atoms with Gasteiger partial charge >= 0.3 is 0 Å². The van der Waals surface area contributed by atoms with Crippen molar-refractivity contribution in [2.75, 3.05) is 13.2 Å². The van der Waals surface area contributed by atoms with Gasteiger partial charge in [0, 0.05) is 0 Å². The monoisotopic (exact) mass is 132 g/mol. The highest BCUT2D eigenvalue weighted by atomic mass is 16.7. The van der Waals surface area contributed by atoms with Gasteiger partial charge in [-0.15, -0.1) is 0 Å². The van der Waals surface area contributed by atoms with E-state index < -0.39 is 6.10 Å². The fourth-order valence-corrected chi connectivity index (χ4v) is 0.791. The average Bonchev–Trinajstić information content (AvgIpc) is 2.37. The van der Waals surface area contributed by atoms with Crippen LogP contribution in [0.4, 0.5) is 0 Å². The van der Waals surface area contributed by atoms with Gasteiger partial charge in [0.05, 0.1) is 13.2 Å². The smallest absolute Gasteiger partial charge is 0.183 e. The maximum atomic E-state index is 9.11. The summed E-state index contributed by atoms with van der Waals surface area (Å²) >= 11 is 0. The fourth-order valence-electron chi connectivity index (χ4n) is 0.791. The van der Waals surface area contributed by atoms with Gasteiger partial charge in [0.15, 0.2) is 6.29 Å². The Morgan fingerprint density at radius 3 is 2.56 bits per heavy atom. The quantitative estimate of drug-likeness (QED) is 0.580. The first kappa shape index (κ1) is 6.99. The summed E-state index contributed by atoms with van der Waals surface area (Å²) in [6, 6.07) is 0. The van der Waals surface area contributed by atoms with E-state index in [9.17, 15) is 0 Å². The summed E-state index contributed by atoms with van der Waals surface area (Å²) < 4.78 is 10.1. The molecule has 1 atom stereocenters. The van der Waals surface area contributed by atoms with Crippen LogP contribution in [0, 0.1) is 0 Å². The van der Waals surface area contributed by atoms with Crippen LogP contribution in [0.5, 0.6) is 0 Å². The Hall–Kier alpha value is -0.120. The average molecular weight is 132 g/mol. The lowest BCUT2D eigenvalue weighted by Crippen LogP contribution is -2.25. The zero-order chi connectivity index (χ0) is 6.69. The fraction of sp³-hybridized carbons (Fsp3) is 1.00. The van der Waals surface area contributed by atoms with Crippen molar-refractivity contribution < 1.29 is 14.6 Å². The molecule has 1 aliphatic heterocycles. The summed E-state index contributed by atoms with van der Waals surface area (Å²) in [7, 11) is 0. The minimum atomic E-state index is -0.451. The van der Waals surface area contributed by atoms with E-state index in [-0.39, 0.29) is 6.29 Å². The zero-order valence-electron chi connectivity index (χ0n) is 5.54. The predicted molar refractivity (Wildman–Crippen MR) is 32.0 cm³/mol. The summed E-state index contributed by atoms with van der Waals surface area (Å²) in [5.74, 6) is 0. The van der Waals surface area contributed by atoms with E-state index in [1.165, 1.54) is 0 Å². The third-order valence-electron chi connectivity index (χ3n) is 1.38. The van der Waals surface area contributed by atoms with Crippen LogP contribution in [0.2, 0.25) is 0 Å². The molecule has 0 aromatic carbocycles. The SMILES string of the molecule is CCC(O)C1OCCO1. The Morgan fingerprint density at radius 2 is 2.11 bits per heavy atom. The lowest BCUT2D eigenvalue weighted by atomic mass is 10.3. The second-order valence-corrected chi connectivity index (χ2v) is 2.09. The molecular weight excluding hydrogens is 120 g/mol. The van der Waals surface area contributed by atoms with Gasteiger partial charge in [-0.25, -0.2) is 0 Å². The molecule has 0 saturated carbocycles. The Bertz CT molecular complexity index is 78.4. The molecule has 1 aliphatic rings. The Balaban J connectivity index is 2.24. The molecule has 1 rings (SSSR count). The van der Waals surface area contributed by atoms with Crippen LogP contribution in [0.25, 0.3) is 0 Å². The van der Waals surface area contributed by atoms with Gasteiger partial charge in [-0.2, -0.15) is 0 Å². The van der Waals surface area contributed by atoms with Crippen LogP contribution in [0.1, 0.15) is 13.3 Å². The lowest BCUT2D eigenvalue weighted by Gasteiger charge is -2.13. The van der Waals surface area contributed by atoms with E-state index in [1.807, 2.05) is 6.92 Å². The standard InChI is InChI=1S/C6H12O3/c1-2-5(7)6-8-3-4-9-6/h5-7H,2-4H2,1H3. The molecule has 54 valence electrons. The second-order valence-electron chi connectivity index (χ2n) is 2.09. The predicted octanol–water partition coefficient (Wildman–Crippen LogP) is 0.130. The van der Waals surface area contributed by atoms with Gasteiger partial charge in [0.2, 0.25) is 0 Å². The van der Waals surface area contributed by atoms with Crippen LogP contribution < -0.4 is 0 Å². The van der Waals surface area contributed by atoms with Crippen molar-refractivity contribution in [3.8, 4) is 0 Å². The number of ether oxygens (including phenoxy) is 2. The highest BCUT2D eigenvalue weighted by Gasteiger charge is 2.22. The van der Waals surface area contributed by atoms with Gasteiger partial charge in [-0.3, -0.25) is 0 Å². The first-order chi connectivity index (χ1) is 4.34. The molecular formula is C6H12O3. The van der Waals surface area contributed by atoms with Gasteiger partial charge in [0.25, 0.3) is 0 Å². The van der Waals surface area contributed by atoms with Crippen LogP contribution in [-0.4, -0.2) is 30.7 Å². The number of aliphatic hydroxyl groups excluding tert-OH is 1. The Kier molecular flexibility index (Phi) is 2.45. The van der Waals surface area contributed by atoms with Crippen molar-refractivity contribution in [1.29, 1.82) is 0 Å². The molecule has 1 heterocycles. The molecule has 1 unspecified atom stereocenters. The topological polar surface area (TPSA) is 38.7 Å². The maximum absolute atomic E-state index is 9.11. The largest absolute Gasteiger partial charge is 0.388 e. The minimum Gasteiger partial charge on any atom is -0.388 e. The first-order valence-electron chi connectivity index (χ1n) is 3.26. The first-order valence-corrected chi connectivity index (χ1v) is 3.26. The lowest BCUT2D eigenvalue weighted by molar-refractivity contribution is -0.120. The summed E-state index contributed by atoms with van der Waals surface area (Å²) in [5, 5.41) is 9.11. The van der Waals surface area contributed by atoms with Crippen molar-refractivity contribution in [3.05, 3.63) is 0 Å². The van der Waals surface area contributed by atoms with E-state index >= 15 is 0 Å². The van der Waals surface area contributed by atoms with Gasteiger partial charge < -0.3 is 14.6 Å². The molecule has 0 aromatic heterocycles. The molecule has 3 heteroatoms. The van der Waals surface area contributed by atoms with Crippen molar-refractivity contribution in [2.45, 2.75) is 25.7 Å². The molecule has 0 aliphatic carbocycles. The molecule has 1 fully saturated rings. The highest BCUT2D eigenvalue weighted by molar-refractivity contribution is 4.60. The van der Waals surface area contributed by atoms with E-state index in [0.717, 1.165) is 0 Å². The number of aliphatic hydroxyl groups is 1. The third-order valence-corrected chi connectivity index (χ3v) is 1.38. The van der Waals surface area contributed by atoms with Crippen molar-refractivity contribution in [3.63, 3.8) is 0 Å². The summed E-state index contributed by atoms with van der Waals surface area (Å²) in [6.07, 6.45) is -0.132.